The summed E-state index contributed by atoms with van der Waals surface area (Å²) in [5.74, 6) is -3.76. The second-order valence-electron chi connectivity index (χ2n) is 5.19. The minimum absolute atomic E-state index is 0.00363. The molecular weight excluding hydrogens is 296 g/mol. The van der Waals surface area contributed by atoms with Crippen LogP contribution < -0.4 is 10.6 Å². The Morgan fingerprint density at radius 2 is 1.91 bits per heavy atom. The molecule has 22 heavy (non-hydrogen) atoms. The van der Waals surface area contributed by atoms with Gasteiger partial charge < -0.3 is 15.5 Å². The van der Waals surface area contributed by atoms with Crippen LogP contribution in [-0.4, -0.2) is 42.8 Å². The molecule has 1 aliphatic heterocycles. The maximum atomic E-state index is 13.2. The lowest BCUT2D eigenvalue weighted by Gasteiger charge is -2.20. The first-order chi connectivity index (χ1) is 10.3. The van der Waals surface area contributed by atoms with Gasteiger partial charge in [-0.3, -0.25) is 14.4 Å². The quantitative estimate of drug-likeness (QED) is 0.866. The zero-order valence-corrected chi connectivity index (χ0v) is 11.9. The van der Waals surface area contributed by atoms with Crippen LogP contribution >= 0.6 is 0 Å². The molecule has 6 nitrogen and oxygen atoms in total. The van der Waals surface area contributed by atoms with Gasteiger partial charge >= 0.3 is 0 Å². The Morgan fingerprint density at radius 3 is 2.45 bits per heavy atom. The van der Waals surface area contributed by atoms with Crippen molar-refractivity contribution in [2.45, 2.75) is 6.42 Å². The van der Waals surface area contributed by atoms with Gasteiger partial charge in [0.15, 0.2) is 0 Å². The van der Waals surface area contributed by atoms with Gasteiger partial charge in [-0.1, -0.05) is 0 Å². The summed E-state index contributed by atoms with van der Waals surface area (Å²) in [4.78, 5) is 37.2. The molecular formula is C14H15F2N3O3. The highest BCUT2D eigenvalue weighted by Gasteiger charge is 2.36. The normalized spacial score (nSPS) is 17.7. The lowest BCUT2D eigenvalue weighted by molar-refractivity contribution is -0.137. The van der Waals surface area contributed by atoms with Crippen molar-refractivity contribution in [3.63, 3.8) is 0 Å². The summed E-state index contributed by atoms with van der Waals surface area (Å²) in [5.41, 5.74) is 5.08. The standard InChI is InChI=1S/C14H15F2N3O3/c1-18(7-12(17)20)14(22)8-2-13(21)19(6-8)11-4-9(15)3-10(16)5-11/h3-5,8H,2,6-7H2,1H3,(H2,17,20)/t8-/m0/s1. The van der Waals surface area contributed by atoms with Crippen molar-refractivity contribution in [1.29, 1.82) is 0 Å². The van der Waals surface area contributed by atoms with Gasteiger partial charge in [0.25, 0.3) is 0 Å². The Bertz CT molecular complexity index is 616. The van der Waals surface area contributed by atoms with Crippen LogP contribution in [0.3, 0.4) is 0 Å². The summed E-state index contributed by atoms with van der Waals surface area (Å²) < 4.78 is 26.5. The Morgan fingerprint density at radius 1 is 1.32 bits per heavy atom. The second kappa shape index (κ2) is 6.08. The van der Waals surface area contributed by atoms with Gasteiger partial charge in [-0.05, 0) is 12.1 Å². The number of rotatable bonds is 4. The highest BCUT2D eigenvalue weighted by Crippen LogP contribution is 2.27. The molecule has 0 unspecified atom stereocenters. The fraction of sp³-hybridized carbons (Fsp3) is 0.357. The molecule has 0 radical (unpaired) electrons. The van der Waals surface area contributed by atoms with Crippen LogP contribution in [-0.2, 0) is 14.4 Å². The minimum atomic E-state index is -0.802. The topological polar surface area (TPSA) is 83.7 Å². The van der Waals surface area contributed by atoms with Gasteiger partial charge in [-0.2, -0.15) is 0 Å². The van der Waals surface area contributed by atoms with E-state index in [1.54, 1.807) is 0 Å². The van der Waals surface area contributed by atoms with Crippen LogP contribution in [0.15, 0.2) is 18.2 Å². The Kier molecular flexibility index (Phi) is 4.39. The summed E-state index contributed by atoms with van der Waals surface area (Å²) in [7, 11) is 1.40. The van der Waals surface area contributed by atoms with E-state index in [9.17, 15) is 23.2 Å². The SMILES string of the molecule is CN(CC(N)=O)C(=O)[C@H]1CC(=O)N(c2cc(F)cc(F)c2)C1. The number of halogens is 2. The zero-order valence-electron chi connectivity index (χ0n) is 11.9. The van der Waals surface area contributed by atoms with Crippen molar-refractivity contribution in [1.82, 2.24) is 4.90 Å². The number of nitrogens with zero attached hydrogens (tertiary/aromatic N) is 2. The second-order valence-corrected chi connectivity index (χ2v) is 5.19. The van der Waals surface area contributed by atoms with E-state index >= 15 is 0 Å². The van der Waals surface area contributed by atoms with Crippen LogP contribution in [0.1, 0.15) is 6.42 Å². The number of hydrogen-bond donors (Lipinski definition) is 1. The van der Waals surface area contributed by atoms with Gasteiger partial charge in [0.05, 0.1) is 12.5 Å². The fourth-order valence-electron chi connectivity index (χ4n) is 2.44. The number of benzene rings is 1. The third-order valence-electron chi connectivity index (χ3n) is 3.40. The maximum absolute atomic E-state index is 13.2. The van der Waals surface area contributed by atoms with E-state index in [1.165, 1.54) is 7.05 Å². The van der Waals surface area contributed by atoms with E-state index < -0.39 is 35.3 Å². The fourth-order valence-corrected chi connectivity index (χ4v) is 2.44. The smallest absolute Gasteiger partial charge is 0.237 e. The summed E-state index contributed by atoms with van der Waals surface area (Å²) in [5, 5.41) is 0. The molecule has 0 bridgehead atoms. The molecule has 2 N–H and O–H groups in total. The first-order valence-electron chi connectivity index (χ1n) is 6.57. The van der Waals surface area contributed by atoms with Gasteiger partial charge in [-0.25, -0.2) is 8.78 Å². The van der Waals surface area contributed by atoms with E-state index in [2.05, 4.69) is 0 Å². The highest BCUT2D eigenvalue weighted by molar-refractivity contribution is 6.00. The van der Waals surface area contributed by atoms with E-state index in [-0.39, 0.29) is 25.2 Å². The number of carbonyl (C=O) groups is 3. The van der Waals surface area contributed by atoms with E-state index in [0.29, 0.717) is 6.07 Å². The van der Waals surface area contributed by atoms with Crippen molar-refractivity contribution in [2.24, 2.45) is 11.7 Å². The van der Waals surface area contributed by atoms with Crippen molar-refractivity contribution in [2.75, 3.05) is 25.0 Å². The molecule has 3 amide bonds. The van der Waals surface area contributed by atoms with Gasteiger partial charge in [0, 0.05) is 31.8 Å². The third-order valence-corrected chi connectivity index (χ3v) is 3.40. The molecule has 8 heteroatoms. The molecule has 1 fully saturated rings. The molecule has 0 saturated carbocycles. The van der Waals surface area contributed by atoms with Crippen LogP contribution in [0.25, 0.3) is 0 Å². The largest absolute Gasteiger partial charge is 0.368 e. The number of nitrogens with two attached hydrogens (primary N) is 1. The van der Waals surface area contributed by atoms with Crippen molar-refractivity contribution < 1.29 is 23.2 Å². The summed E-state index contributed by atoms with van der Waals surface area (Å²) in [6, 6.07) is 2.76. The summed E-state index contributed by atoms with van der Waals surface area (Å²) in [6.07, 6.45) is -0.0833. The molecule has 0 aromatic heterocycles. The Labute approximate surface area is 125 Å². The molecule has 118 valence electrons. The summed E-state index contributed by atoms with van der Waals surface area (Å²) >= 11 is 0. The first kappa shape index (κ1) is 15.9. The molecule has 0 aliphatic carbocycles. The van der Waals surface area contributed by atoms with Crippen molar-refractivity contribution in [3.8, 4) is 0 Å². The number of hydrogen-bond acceptors (Lipinski definition) is 3. The zero-order chi connectivity index (χ0) is 16.4. The Balaban J connectivity index is 2.13. The van der Waals surface area contributed by atoms with E-state index in [0.717, 1.165) is 21.9 Å². The molecule has 1 saturated heterocycles. The van der Waals surface area contributed by atoms with E-state index in [4.69, 9.17) is 5.73 Å². The first-order valence-corrected chi connectivity index (χ1v) is 6.57. The minimum Gasteiger partial charge on any atom is -0.368 e. The molecule has 1 atom stereocenters. The van der Waals surface area contributed by atoms with Gasteiger partial charge in [0.2, 0.25) is 17.7 Å². The number of likely N-dealkylation sites (N-methyl/N-ethyl adjacent to an activating group) is 1. The average molecular weight is 311 g/mol. The molecule has 0 spiro atoms. The third kappa shape index (κ3) is 3.38. The summed E-state index contributed by atoms with van der Waals surface area (Å²) in [6.45, 7) is -0.248. The maximum Gasteiger partial charge on any atom is 0.237 e. The molecule has 1 aromatic rings. The van der Waals surface area contributed by atoms with Crippen molar-refractivity contribution >= 4 is 23.4 Å². The van der Waals surface area contributed by atoms with Gasteiger partial charge in [0.1, 0.15) is 11.6 Å². The lowest BCUT2D eigenvalue weighted by Crippen LogP contribution is -2.39. The molecule has 1 aromatic carbocycles. The predicted molar refractivity (Wildman–Crippen MR) is 73.6 cm³/mol. The average Bonchev–Trinajstić information content (AvgIpc) is 2.78. The van der Waals surface area contributed by atoms with Gasteiger partial charge in [-0.15, -0.1) is 0 Å². The van der Waals surface area contributed by atoms with Crippen molar-refractivity contribution in [3.05, 3.63) is 29.8 Å². The number of carbonyl (C=O) groups excluding carboxylic acids is 3. The molecule has 1 aliphatic rings. The van der Waals surface area contributed by atoms with Crippen LogP contribution in [0.5, 0.6) is 0 Å². The molecule has 2 rings (SSSR count). The Hall–Kier alpha value is -2.51. The van der Waals surface area contributed by atoms with E-state index in [1.807, 2.05) is 0 Å². The number of primary amides is 1. The molecule has 1 heterocycles. The van der Waals surface area contributed by atoms with Crippen LogP contribution in [0, 0.1) is 17.6 Å². The number of anilines is 1. The van der Waals surface area contributed by atoms with Crippen LogP contribution in [0.4, 0.5) is 14.5 Å². The number of amides is 3. The lowest BCUT2D eigenvalue weighted by atomic mass is 10.1. The highest BCUT2D eigenvalue weighted by atomic mass is 19.1. The monoisotopic (exact) mass is 311 g/mol. The predicted octanol–water partition coefficient (Wildman–Crippen LogP) is 0.261. The van der Waals surface area contributed by atoms with Crippen LogP contribution in [0.2, 0.25) is 0 Å².